The first kappa shape index (κ1) is 7.11. The van der Waals surface area contributed by atoms with E-state index < -0.39 is 5.91 Å². The maximum Gasteiger partial charge on any atom is 0.271 e. The van der Waals surface area contributed by atoms with Gasteiger partial charge in [-0.1, -0.05) is 0 Å². The highest BCUT2D eigenvalue weighted by molar-refractivity contribution is 7.16. The van der Waals surface area contributed by atoms with Crippen molar-refractivity contribution >= 4 is 27.5 Å². The van der Waals surface area contributed by atoms with Crippen molar-refractivity contribution in [2.75, 3.05) is 0 Å². The molecule has 1 amide bonds. The first-order valence-electron chi connectivity index (χ1n) is 3.13. The van der Waals surface area contributed by atoms with Crippen molar-refractivity contribution in [3.63, 3.8) is 0 Å². The Morgan fingerprint density at radius 3 is 3.17 bits per heavy atom. The van der Waals surface area contributed by atoms with Crippen LogP contribution in [-0.4, -0.2) is 21.1 Å². The van der Waals surface area contributed by atoms with E-state index in [1.54, 1.807) is 11.7 Å². The summed E-state index contributed by atoms with van der Waals surface area (Å²) in [5, 5.41) is 7.22. The van der Waals surface area contributed by atoms with Gasteiger partial charge in [-0.15, -0.1) is 16.4 Å². The molecule has 60 valence electrons. The molecule has 0 radical (unpaired) electrons. The summed E-state index contributed by atoms with van der Waals surface area (Å²) in [6.45, 7) is 0. The molecular weight excluding hydrogens is 176 g/mol. The molecule has 2 N–H and O–H groups in total. The molecule has 0 fully saturated rings. The lowest BCUT2D eigenvalue weighted by Crippen LogP contribution is -2.14. The Balaban J connectivity index is 2.82. The number of hydrogen-bond donors (Lipinski definition) is 1. The van der Waals surface area contributed by atoms with Crippen LogP contribution in [0.25, 0.3) is 10.2 Å². The van der Waals surface area contributed by atoms with Crippen LogP contribution in [-0.2, 0) is 0 Å². The normalized spacial score (nSPS) is 10.3. The zero-order valence-corrected chi connectivity index (χ0v) is 6.71. The largest absolute Gasteiger partial charge is 0.364 e. The number of fused-ring (bicyclic) bond motifs is 1. The summed E-state index contributed by atoms with van der Waals surface area (Å²) >= 11 is 1.40. The first-order chi connectivity index (χ1) is 5.79. The third-order valence-electron chi connectivity index (χ3n) is 1.39. The van der Waals surface area contributed by atoms with Crippen LogP contribution in [0.1, 0.15) is 10.5 Å². The molecule has 0 aliphatic rings. The third kappa shape index (κ3) is 0.928. The third-order valence-corrected chi connectivity index (χ3v) is 2.15. The Hall–Kier alpha value is -1.56. The number of hydrogen-bond acceptors (Lipinski definition) is 5. The fourth-order valence-electron chi connectivity index (χ4n) is 0.877. The highest BCUT2D eigenvalue weighted by atomic mass is 32.1. The van der Waals surface area contributed by atoms with E-state index in [2.05, 4.69) is 15.2 Å². The van der Waals surface area contributed by atoms with E-state index in [-0.39, 0.29) is 5.69 Å². The molecule has 0 aromatic carbocycles. The number of nitrogens with zero attached hydrogens (tertiary/aromatic N) is 3. The molecule has 2 aromatic rings. The Labute approximate surface area is 71.2 Å². The molecule has 0 unspecified atom stereocenters. The SMILES string of the molecule is NC(=O)c1nncc2scnc12. The van der Waals surface area contributed by atoms with E-state index >= 15 is 0 Å². The lowest BCUT2D eigenvalue weighted by molar-refractivity contribution is 0.0996. The van der Waals surface area contributed by atoms with Crippen LogP contribution < -0.4 is 5.73 Å². The standard InChI is InChI=1S/C6H4N4OS/c7-6(11)5-4-3(1-9-10-5)12-2-8-4/h1-2H,(H2,7,11). The number of nitrogens with two attached hydrogens (primary N) is 1. The van der Waals surface area contributed by atoms with E-state index in [0.29, 0.717) is 5.52 Å². The van der Waals surface area contributed by atoms with Gasteiger partial charge in [0.15, 0.2) is 5.69 Å². The van der Waals surface area contributed by atoms with Crippen molar-refractivity contribution < 1.29 is 4.79 Å². The molecule has 5 nitrogen and oxygen atoms in total. The Morgan fingerprint density at radius 2 is 2.42 bits per heavy atom. The molecule has 0 saturated heterocycles. The number of primary amides is 1. The van der Waals surface area contributed by atoms with Gasteiger partial charge in [-0.3, -0.25) is 4.79 Å². The topological polar surface area (TPSA) is 81.8 Å². The first-order valence-corrected chi connectivity index (χ1v) is 4.01. The molecule has 6 heteroatoms. The summed E-state index contributed by atoms with van der Waals surface area (Å²) in [7, 11) is 0. The van der Waals surface area contributed by atoms with Crippen molar-refractivity contribution in [1.82, 2.24) is 15.2 Å². The molecule has 0 bridgehead atoms. The lowest BCUT2D eigenvalue weighted by Gasteiger charge is -1.92. The number of rotatable bonds is 1. The van der Waals surface area contributed by atoms with Crippen LogP contribution in [0.3, 0.4) is 0 Å². The second kappa shape index (κ2) is 2.49. The maximum absolute atomic E-state index is 10.8. The molecule has 0 aliphatic heterocycles. The number of aromatic nitrogens is 3. The highest BCUT2D eigenvalue weighted by Gasteiger charge is 2.10. The number of thiazole rings is 1. The van der Waals surface area contributed by atoms with E-state index in [1.807, 2.05) is 0 Å². The lowest BCUT2D eigenvalue weighted by atomic mass is 10.3. The van der Waals surface area contributed by atoms with E-state index in [4.69, 9.17) is 5.73 Å². The van der Waals surface area contributed by atoms with Gasteiger partial charge < -0.3 is 5.73 Å². The minimum absolute atomic E-state index is 0.133. The predicted molar refractivity (Wildman–Crippen MR) is 43.7 cm³/mol. The Kier molecular flexibility index (Phi) is 1.47. The van der Waals surface area contributed by atoms with Crippen LogP contribution in [0.5, 0.6) is 0 Å². The average Bonchev–Trinajstić information content (AvgIpc) is 2.49. The van der Waals surface area contributed by atoms with E-state index in [0.717, 1.165) is 4.70 Å². The summed E-state index contributed by atoms with van der Waals surface area (Å²) in [6, 6.07) is 0. The molecule has 12 heavy (non-hydrogen) atoms. The fourth-order valence-corrected chi connectivity index (χ4v) is 1.52. The maximum atomic E-state index is 10.8. The summed E-state index contributed by atoms with van der Waals surface area (Å²) in [5.41, 5.74) is 7.35. The zero-order chi connectivity index (χ0) is 8.55. The highest BCUT2D eigenvalue weighted by Crippen LogP contribution is 2.17. The summed E-state index contributed by atoms with van der Waals surface area (Å²) < 4.78 is 0.818. The average molecular weight is 180 g/mol. The van der Waals surface area contributed by atoms with Gasteiger partial charge in [0.2, 0.25) is 0 Å². The molecule has 2 aromatic heterocycles. The van der Waals surface area contributed by atoms with Gasteiger partial charge in [0, 0.05) is 0 Å². The van der Waals surface area contributed by atoms with Crippen molar-refractivity contribution in [1.29, 1.82) is 0 Å². The van der Waals surface area contributed by atoms with Crippen LogP contribution in [0.15, 0.2) is 11.7 Å². The number of carbonyl (C=O) groups excluding carboxylic acids is 1. The molecule has 0 saturated carbocycles. The van der Waals surface area contributed by atoms with Crippen molar-refractivity contribution in [2.45, 2.75) is 0 Å². The Morgan fingerprint density at radius 1 is 1.58 bits per heavy atom. The predicted octanol–water partition coefficient (Wildman–Crippen LogP) is 0.185. The van der Waals surface area contributed by atoms with E-state index in [9.17, 15) is 4.79 Å². The second-order valence-electron chi connectivity index (χ2n) is 2.12. The van der Waals surface area contributed by atoms with Crippen molar-refractivity contribution in [3.05, 3.63) is 17.4 Å². The van der Waals surface area contributed by atoms with Gasteiger partial charge in [-0.05, 0) is 0 Å². The van der Waals surface area contributed by atoms with Crippen molar-refractivity contribution in [2.24, 2.45) is 5.73 Å². The Bertz CT molecular complexity index is 438. The minimum Gasteiger partial charge on any atom is -0.364 e. The minimum atomic E-state index is -0.598. The van der Waals surface area contributed by atoms with Gasteiger partial charge in [0.1, 0.15) is 5.52 Å². The smallest absolute Gasteiger partial charge is 0.271 e. The van der Waals surface area contributed by atoms with Crippen LogP contribution in [0.4, 0.5) is 0 Å². The quantitative estimate of drug-likeness (QED) is 0.678. The summed E-state index contributed by atoms with van der Waals surface area (Å²) in [6.07, 6.45) is 1.56. The molecule has 2 rings (SSSR count). The monoisotopic (exact) mass is 180 g/mol. The van der Waals surface area contributed by atoms with Gasteiger partial charge in [-0.2, -0.15) is 5.10 Å². The molecule has 0 aliphatic carbocycles. The molecular formula is C6H4N4OS. The molecule has 0 atom stereocenters. The van der Waals surface area contributed by atoms with Crippen LogP contribution >= 0.6 is 11.3 Å². The summed E-state index contributed by atoms with van der Waals surface area (Å²) in [5.74, 6) is -0.598. The van der Waals surface area contributed by atoms with Gasteiger partial charge >= 0.3 is 0 Å². The van der Waals surface area contributed by atoms with Gasteiger partial charge in [-0.25, -0.2) is 4.98 Å². The fraction of sp³-hybridized carbons (Fsp3) is 0. The number of amides is 1. The van der Waals surface area contributed by atoms with Gasteiger partial charge in [0.25, 0.3) is 5.91 Å². The van der Waals surface area contributed by atoms with Crippen LogP contribution in [0.2, 0.25) is 0 Å². The van der Waals surface area contributed by atoms with E-state index in [1.165, 1.54) is 11.3 Å². The zero-order valence-electron chi connectivity index (χ0n) is 5.89. The van der Waals surface area contributed by atoms with Crippen molar-refractivity contribution in [3.8, 4) is 0 Å². The molecule has 0 spiro atoms. The number of carbonyl (C=O) groups is 1. The second-order valence-corrected chi connectivity index (χ2v) is 3.01. The van der Waals surface area contributed by atoms with Crippen LogP contribution in [0, 0.1) is 0 Å². The summed E-state index contributed by atoms with van der Waals surface area (Å²) in [4.78, 5) is 14.8. The molecule has 2 heterocycles. The van der Waals surface area contributed by atoms with Gasteiger partial charge in [0.05, 0.1) is 16.4 Å².